The molecule has 0 heterocycles. The predicted molar refractivity (Wildman–Crippen MR) is 59.1 cm³/mol. The number of nitrogens with two attached hydrogens (primary N) is 1. The molecule has 1 fully saturated rings. The summed E-state index contributed by atoms with van der Waals surface area (Å²) in [4.78, 5) is 0. The van der Waals surface area contributed by atoms with Crippen LogP contribution in [0.2, 0.25) is 0 Å². The topological polar surface area (TPSA) is 50.1 Å². The van der Waals surface area contributed by atoms with E-state index in [1.54, 1.807) is 0 Å². The molecule has 76 valence electrons. The van der Waals surface area contributed by atoms with E-state index in [0.29, 0.717) is 5.11 Å². The number of nitrogens with one attached hydrogen (secondary N) is 2. The third-order valence-corrected chi connectivity index (χ3v) is 2.94. The highest BCUT2D eigenvalue weighted by molar-refractivity contribution is 7.80. The zero-order chi connectivity index (χ0) is 9.52. The van der Waals surface area contributed by atoms with Gasteiger partial charge in [0.15, 0.2) is 5.11 Å². The molecular formula is C9H19N3S. The molecule has 0 amide bonds. The van der Waals surface area contributed by atoms with Crippen LogP contribution in [0.5, 0.6) is 0 Å². The van der Waals surface area contributed by atoms with Crippen molar-refractivity contribution >= 4 is 17.3 Å². The highest BCUT2D eigenvalue weighted by Gasteiger charge is 2.13. The maximum Gasteiger partial charge on any atom is 0.180 e. The predicted octanol–water partition coefficient (Wildman–Crippen LogP) is 1.29. The van der Waals surface area contributed by atoms with Crippen LogP contribution in [0.1, 0.15) is 38.5 Å². The normalized spacial score (nSPS) is 17.3. The second-order valence-electron chi connectivity index (χ2n) is 3.69. The van der Waals surface area contributed by atoms with Crippen molar-refractivity contribution in [3.05, 3.63) is 0 Å². The summed E-state index contributed by atoms with van der Waals surface area (Å²) < 4.78 is 0. The molecule has 1 aliphatic rings. The van der Waals surface area contributed by atoms with Crippen molar-refractivity contribution in [3.63, 3.8) is 0 Å². The van der Waals surface area contributed by atoms with Gasteiger partial charge in [-0.05, 0) is 31.0 Å². The molecule has 1 aliphatic carbocycles. The molecule has 0 saturated heterocycles. The fourth-order valence-corrected chi connectivity index (χ4v) is 2.04. The van der Waals surface area contributed by atoms with Crippen molar-refractivity contribution < 1.29 is 0 Å². The van der Waals surface area contributed by atoms with Crippen LogP contribution in [0.3, 0.4) is 0 Å². The summed E-state index contributed by atoms with van der Waals surface area (Å²) in [5.41, 5.74) is 2.41. The van der Waals surface area contributed by atoms with E-state index >= 15 is 0 Å². The van der Waals surface area contributed by atoms with Crippen molar-refractivity contribution in [1.82, 2.24) is 10.7 Å². The third-order valence-electron chi connectivity index (χ3n) is 2.68. The van der Waals surface area contributed by atoms with Gasteiger partial charge in [-0.25, -0.2) is 5.84 Å². The van der Waals surface area contributed by atoms with Crippen molar-refractivity contribution in [2.75, 3.05) is 6.54 Å². The Morgan fingerprint density at radius 1 is 1.38 bits per heavy atom. The Kier molecular flexibility index (Phi) is 5.08. The smallest absolute Gasteiger partial charge is 0.180 e. The van der Waals surface area contributed by atoms with Gasteiger partial charge < -0.3 is 10.7 Å². The molecule has 13 heavy (non-hydrogen) atoms. The van der Waals surface area contributed by atoms with Crippen LogP contribution in [0.15, 0.2) is 0 Å². The van der Waals surface area contributed by atoms with E-state index in [1.807, 2.05) is 0 Å². The Morgan fingerprint density at radius 2 is 2.08 bits per heavy atom. The fraction of sp³-hybridized carbons (Fsp3) is 0.889. The first-order valence-corrected chi connectivity index (χ1v) is 5.48. The maximum atomic E-state index is 5.12. The van der Waals surface area contributed by atoms with Crippen molar-refractivity contribution in [3.8, 4) is 0 Å². The van der Waals surface area contributed by atoms with Crippen LogP contribution in [0.25, 0.3) is 0 Å². The largest absolute Gasteiger partial charge is 0.362 e. The average Bonchev–Trinajstić information content (AvgIpc) is 2.64. The molecule has 0 aromatic carbocycles. The van der Waals surface area contributed by atoms with E-state index < -0.39 is 0 Å². The second-order valence-corrected chi connectivity index (χ2v) is 4.10. The summed E-state index contributed by atoms with van der Waals surface area (Å²) in [7, 11) is 0. The van der Waals surface area contributed by atoms with E-state index in [4.69, 9.17) is 18.1 Å². The zero-order valence-electron chi connectivity index (χ0n) is 8.01. The summed E-state index contributed by atoms with van der Waals surface area (Å²) >= 11 is 4.86. The molecular weight excluding hydrogens is 182 g/mol. The molecule has 0 radical (unpaired) electrons. The minimum absolute atomic E-state index is 0.548. The number of rotatable bonds is 4. The fourth-order valence-electron chi connectivity index (χ4n) is 1.94. The summed E-state index contributed by atoms with van der Waals surface area (Å²) in [6, 6.07) is 0. The van der Waals surface area contributed by atoms with Gasteiger partial charge in [0.2, 0.25) is 0 Å². The highest BCUT2D eigenvalue weighted by atomic mass is 32.1. The third kappa shape index (κ3) is 4.43. The van der Waals surface area contributed by atoms with Crippen LogP contribution in [-0.4, -0.2) is 11.7 Å². The van der Waals surface area contributed by atoms with E-state index in [0.717, 1.165) is 12.5 Å². The van der Waals surface area contributed by atoms with E-state index in [-0.39, 0.29) is 0 Å². The van der Waals surface area contributed by atoms with Gasteiger partial charge in [0.25, 0.3) is 0 Å². The molecule has 0 bridgehead atoms. The summed E-state index contributed by atoms with van der Waals surface area (Å²) in [6.45, 7) is 0.944. The average molecular weight is 201 g/mol. The second kappa shape index (κ2) is 6.16. The quantitative estimate of drug-likeness (QED) is 0.278. The van der Waals surface area contributed by atoms with Crippen molar-refractivity contribution in [1.29, 1.82) is 0 Å². The van der Waals surface area contributed by atoms with Gasteiger partial charge in [-0.15, -0.1) is 0 Å². The number of hydrogen-bond acceptors (Lipinski definition) is 2. The van der Waals surface area contributed by atoms with Gasteiger partial charge in [0.1, 0.15) is 0 Å². The minimum atomic E-state index is 0.548. The summed E-state index contributed by atoms with van der Waals surface area (Å²) in [6.07, 6.45) is 8.26. The summed E-state index contributed by atoms with van der Waals surface area (Å²) in [5.74, 6) is 6.10. The molecule has 0 aliphatic heterocycles. The van der Waals surface area contributed by atoms with Gasteiger partial charge in [0, 0.05) is 6.54 Å². The zero-order valence-corrected chi connectivity index (χ0v) is 8.83. The van der Waals surface area contributed by atoms with Crippen LogP contribution >= 0.6 is 12.2 Å². The lowest BCUT2D eigenvalue weighted by molar-refractivity contribution is 0.482. The lowest BCUT2D eigenvalue weighted by Gasteiger charge is -2.09. The highest BCUT2D eigenvalue weighted by Crippen LogP contribution is 2.28. The maximum absolute atomic E-state index is 5.12. The Hall–Kier alpha value is -0.350. The molecule has 4 heteroatoms. The Labute approximate surface area is 85.4 Å². The first-order chi connectivity index (χ1) is 6.33. The van der Waals surface area contributed by atoms with Crippen LogP contribution in [0.4, 0.5) is 0 Å². The minimum Gasteiger partial charge on any atom is -0.362 e. The van der Waals surface area contributed by atoms with Gasteiger partial charge in [-0.2, -0.15) is 0 Å². The first-order valence-electron chi connectivity index (χ1n) is 5.07. The van der Waals surface area contributed by atoms with Crippen molar-refractivity contribution in [2.45, 2.75) is 38.5 Å². The molecule has 0 spiro atoms. The molecule has 0 aromatic rings. The van der Waals surface area contributed by atoms with Crippen molar-refractivity contribution in [2.24, 2.45) is 11.8 Å². The monoisotopic (exact) mass is 201 g/mol. The first kappa shape index (κ1) is 10.7. The number of hydrazine groups is 1. The molecule has 1 saturated carbocycles. The molecule has 3 nitrogen and oxygen atoms in total. The van der Waals surface area contributed by atoms with E-state index in [2.05, 4.69) is 10.7 Å². The summed E-state index contributed by atoms with van der Waals surface area (Å²) in [5, 5.41) is 3.60. The standard InChI is InChI=1S/C9H19N3S/c10-12-9(13)11-7-3-6-8-4-1-2-5-8/h8H,1-7,10H2,(H2,11,12,13). The molecule has 0 unspecified atom stereocenters. The SMILES string of the molecule is NNC(=S)NCCCC1CCCC1. The number of thiocarbonyl (C=S) groups is 1. The number of hydrogen-bond donors (Lipinski definition) is 3. The molecule has 0 aromatic heterocycles. The Morgan fingerprint density at radius 3 is 2.69 bits per heavy atom. The molecule has 1 rings (SSSR count). The van der Waals surface area contributed by atoms with Crippen LogP contribution in [-0.2, 0) is 0 Å². The lowest BCUT2D eigenvalue weighted by Crippen LogP contribution is -2.40. The van der Waals surface area contributed by atoms with Crippen LogP contribution < -0.4 is 16.6 Å². The van der Waals surface area contributed by atoms with E-state index in [1.165, 1.54) is 38.5 Å². The molecule has 4 N–H and O–H groups in total. The van der Waals surface area contributed by atoms with Gasteiger partial charge in [-0.3, -0.25) is 0 Å². The van der Waals surface area contributed by atoms with E-state index in [9.17, 15) is 0 Å². The van der Waals surface area contributed by atoms with Gasteiger partial charge in [-0.1, -0.05) is 25.7 Å². The Bertz CT molecular complexity index is 155. The Balaban J connectivity index is 1.91. The van der Waals surface area contributed by atoms with Gasteiger partial charge >= 0.3 is 0 Å². The molecule has 0 atom stereocenters. The van der Waals surface area contributed by atoms with Crippen LogP contribution in [0, 0.1) is 5.92 Å². The lowest BCUT2D eigenvalue weighted by atomic mass is 10.0. The van der Waals surface area contributed by atoms with Gasteiger partial charge in [0.05, 0.1) is 0 Å².